The Morgan fingerprint density at radius 3 is 1.00 bits per heavy atom. The van der Waals surface area contributed by atoms with Gasteiger partial charge in [-0.1, -0.05) is 213 Å². The fourth-order valence-electron chi connectivity index (χ4n) is 7.22. The van der Waals surface area contributed by atoms with Crippen molar-refractivity contribution in [1.82, 2.24) is 4.90 Å². The molecular formula is C40H81N. The van der Waals surface area contributed by atoms with Crippen LogP contribution in [0.2, 0.25) is 0 Å². The van der Waals surface area contributed by atoms with Crippen LogP contribution in [0.25, 0.3) is 0 Å². The van der Waals surface area contributed by atoms with Gasteiger partial charge in [0.2, 0.25) is 0 Å². The molecule has 246 valence electrons. The lowest BCUT2D eigenvalue weighted by molar-refractivity contribution is 0.309. The normalized spacial score (nSPS) is 15.8. The molecule has 41 heavy (non-hydrogen) atoms. The maximum atomic E-state index is 2.79. The molecule has 0 saturated carbocycles. The van der Waals surface area contributed by atoms with Crippen LogP contribution in [0.1, 0.15) is 232 Å². The Kier molecular flexibility index (Phi) is 31.2. The van der Waals surface area contributed by atoms with E-state index in [2.05, 4.69) is 18.7 Å². The van der Waals surface area contributed by atoms with E-state index in [-0.39, 0.29) is 0 Å². The molecule has 0 N–H and O–H groups in total. The van der Waals surface area contributed by atoms with Crippen LogP contribution in [-0.2, 0) is 0 Å². The Morgan fingerprint density at radius 1 is 0.366 bits per heavy atom. The molecule has 1 rings (SSSR count). The summed E-state index contributed by atoms with van der Waals surface area (Å²) >= 11 is 0. The molecule has 1 saturated heterocycles. The molecule has 0 spiro atoms. The van der Waals surface area contributed by atoms with E-state index in [9.17, 15) is 0 Å². The van der Waals surface area contributed by atoms with Gasteiger partial charge in [0.05, 0.1) is 0 Å². The number of rotatable bonds is 34. The third-order valence-corrected chi connectivity index (χ3v) is 10.2. The zero-order chi connectivity index (χ0) is 29.3. The number of hydrogen-bond donors (Lipinski definition) is 0. The van der Waals surface area contributed by atoms with Crippen LogP contribution in [0.15, 0.2) is 0 Å². The molecule has 1 fully saturated rings. The number of hydrogen-bond acceptors (Lipinski definition) is 1. The Labute approximate surface area is 262 Å². The monoisotopic (exact) mass is 576 g/mol. The van der Waals surface area contributed by atoms with E-state index in [0.717, 1.165) is 5.92 Å². The Bertz CT molecular complexity index is 431. The van der Waals surface area contributed by atoms with Crippen LogP contribution in [0.4, 0.5) is 0 Å². The minimum absolute atomic E-state index is 1.02. The van der Waals surface area contributed by atoms with Crippen molar-refractivity contribution in [1.29, 1.82) is 0 Å². The summed E-state index contributed by atoms with van der Waals surface area (Å²) < 4.78 is 0. The first-order chi connectivity index (χ1) is 20.4. The summed E-state index contributed by atoms with van der Waals surface area (Å²) in [7, 11) is 0. The van der Waals surface area contributed by atoms with Crippen LogP contribution in [0.3, 0.4) is 0 Å². The Morgan fingerprint density at radius 2 is 0.659 bits per heavy atom. The van der Waals surface area contributed by atoms with Crippen molar-refractivity contribution >= 4 is 0 Å². The van der Waals surface area contributed by atoms with Gasteiger partial charge in [-0.05, 0) is 38.3 Å². The van der Waals surface area contributed by atoms with Crippen LogP contribution in [0.5, 0.6) is 0 Å². The van der Waals surface area contributed by atoms with E-state index in [1.54, 1.807) is 0 Å². The van der Waals surface area contributed by atoms with E-state index in [1.165, 1.54) is 238 Å². The maximum Gasteiger partial charge on any atom is 0.00101 e. The van der Waals surface area contributed by atoms with Crippen molar-refractivity contribution in [3.05, 3.63) is 0 Å². The third kappa shape index (κ3) is 28.5. The van der Waals surface area contributed by atoms with Crippen LogP contribution >= 0.6 is 0 Å². The second-order valence-electron chi connectivity index (χ2n) is 14.4. The van der Waals surface area contributed by atoms with Gasteiger partial charge in [0.25, 0.3) is 0 Å². The molecule has 1 unspecified atom stereocenters. The van der Waals surface area contributed by atoms with Crippen molar-refractivity contribution in [2.24, 2.45) is 5.92 Å². The fourth-order valence-corrected chi connectivity index (χ4v) is 7.22. The largest absolute Gasteiger partial charge is 0.303 e. The van der Waals surface area contributed by atoms with Gasteiger partial charge in [0, 0.05) is 6.54 Å². The fraction of sp³-hybridized carbons (Fsp3) is 1.00. The van der Waals surface area contributed by atoms with Gasteiger partial charge in [0.15, 0.2) is 0 Å². The molecule has 1 aliphatic heterocycles. The highest BCUT2D eigenvalue weighted by molar-refractivity contribution is 4.75. The van der Waals surface area contributed by atoms with Gasteiger partial charge >= 0.3 is 0 Å². The van der Waals surface area contributed by atoms with Crippen molar-refractivity contribution in [3.63, 3.8) is 0 Å². The summed E-state index contributed by atoms with van der Waals surface area (Å²) in [6.45, 7) is 8.81. The topological polar surface area (TPSA) is 3.24 Å². The molecule has 0 amide bonds. The average molecular weight is 576 g/mol. The van der Waals surface area contributed by atoms with E-state index >= 15 is 0 Å². The quantitative estimate of drug-likeness (QED) is 0.0690. The summed E-state index contributed by atoms with van der Waals surface area (Å²) in [4.78, 5) is 2.79. The van der Waals surface area contributed by atoms with E-state index in [0.29, 0.717) is 0 Å². The molecule has 1 heteroatoms. The molecule has 0 aromatic rings. The van der Waals surface area contributed by atoms with Gasteiger partial charge in [0.1, 0.15) is 0 Å². The lowest BCUT2D eigenvalue weighted by Gasteiger charge is -2.16. The number of nitrogens with zero attached hydrogens (tertiary/aromatic N) is 1. The highest BCUT2D eigenvalue weighted by Gasteiger charge is 2.21. The highest BCUT2D eigenvalue weighted by atomic mass is 15.1. The van der Waals surface area contributed by atoms with Gasteiger partial charge in [-0.3, -0.25) is 0 Å². The molecule has 0 aromatic heterocycles. The molecule has 0 bridgehead atoms. The second-order valence-corrected chi connectivity index (χ2v) is 14.4. The van der Waals surface area contributed by atoms with Crippen LogP contribution < -0.4 is 0 Å². The molecule has 1 aliphatic rings. The minimum Gasteiger partial charge on any atom is -0.303 e. The number of likely N-dealkylation sites (tertiary alicyclic amines) is 1. The predicted octanol–water partition coefficient (Wildman–Crippen LogP) is 14.2. The van der Waals surface area contributed by atoms with Crippen molar-refractivity contribution in [3.8, 4) is 0 Å². The first-order valence-corrected chi connectivity index (χ1v) is 20.1. The summed E-state index contributed by atoms with van der Waals surface area (Å²) in [5, 5.41) is 0. The second kappa shape index (κ2) is 32.9. The van der Waals surface area contributed by atoms with E-state index in [1.807, 2.05) is 0 Å². The van der Waals surface area contributed by atoms with Gasteiger partial charge < -0.3 is 4.90 Å². The Balaban J connectivity index is 1.73. The third-order valence-electron chi connectivity index (χ3n) is 10.2. The summed E-state index contributed by atoms with van der Waals surface area (Å²) in [5.41, 5.74) is 0. The summed E-state index contributed by atoms with van der Waals surface area (Å²) in [5.74, 6) is 1.02. The molecule has 0 aromatic carbocycles. The Hall–Kier alpha value is -0.0400. The average Bonchev–Trinajstić information content (AvgIpc) is 3.44. The van der Waals surface area contributed by atoms with Crippen LogP contribution in [-0.4, -0.2) is 24.5 Å². The SMILES string of the molecule is CCCCCCCCCCCCCCCCCCC1CCN(CCCCCCCCCCCCCCCCCC)C1. The standard InChI is InChI=1S/C40H81N/c1-3-5-7-9-11-13-15-17-19-21-23-25-27-29-31-33-35-40-36-38-41(39-40)37-34-32-30-28-26-24-22-20-18-16-14-12-10-8-6-4-2/h40H,3-39H2,1-2H3. The zero-order valence-corrected chi connectivity index (χ0v) is 29.2. The van der Waals surface area contributed by atoms with Crippen LogP contribution in [0, 0.1) is 5.92 Å². The van der Waals surface area contributed by atoms with Crippen molar-refractivity contribution < 1.29 is 0 Å². The van der Waals surface area contributed by atoms with E-state index in [4.69, 9.17) is 0 Å². The predicted molar refractivity (Wildman–Crippen MR) is 188 cm³/mol. The molecule has 1 atom stereocenters. The lowest BCUT2D eigenvalue weighted by Crippen LogP contribution is -2.21. The smallest absolute Gasteiger partial charge is 0.00101 e. The molecule has 0 radical (unpaired) electrons. The minimum atomic E-state index is 1.02. The van der Waals surface area contributed by atoms with Gasteiger partial charge in [-0.15, -0.1) is 0 Å². The maximum absolute atomic E-state index is 2.79. The molecule has 1 heterocycles. The van der Waals surface area contributed by atoms with Gasteiger partial charge in [-0.2, -0.15) is 0 Å². The van der Waals surface area contributed by atoms with Crippen molar-refractivity contribution in [2.75, 3.05) is 19.6 Å². The first-order valence-electron chi connectivity index (χ1n) is 20.1. The molecule has 0 aliphatic carbocycles. The lowest BCUT2D eigenvalue weighted by atomic mass is 9.99. The zero-order valence-electron chi connectivity index (χ0n) is 29.2. The summed E-state index contributed by atoms with van der Waals surface area (Å²) in [6, 6.07) is 0. The molecule has 1 nitrogen and oxygen atoms in total. The summed E-state index contributed by atoms with van der Waals surface area (Å²) in [6.07, 6.45) is 50.2. The van der Waals surface area contributed by atoms with Gasteiger partial charge in [-0.25, -0.2) is 0 Å². The highest BCUT2D eigenvalue weighted by Crippen LogP contribution is 2.23. The number of unbranched alkanes of at least 4 members (excludes halogenated alkanes) is 30. The first kappa shape index (κ1) is 39.0. The van der Waals surface area contributed by atoms with E-state index < -0.39 is 0 Å². The molecular weight excluding hydrogens is 494 g/mol. The van der Waals surface area contributed by atoms with Crippen molar-refractivity contribution in [2.45, 2.75) is 232 Å².